The van der Waals surface area contributed by atoms with Gasteiger partial charge in [0.2, 0.25) is 5.91 Å². The second-order valence-electron chi connectivity index (χ2n) is 11.8. The third kappa shape index (κ3) is 6.76. The molecule has 41 heavy (non-hydrogen) atoms. The molecule has 1 unspecified atom stereocenters. The van der Waals surface area contributed by atoms with Crippen LogP contribution in [0, 0.1) is 6.92 Å². The number of aromatic nitrogens is 3. The molecule has 0 saturated carbocycles. The largest absolute Gasteiger partial charge is 0.352 e. The lowest BCUT2D eigenvalue weighted by molar-refractivity contribution is -0.127. The Morgan fingerprint density at radius 3 is 2.63 bits per heavy atom. The van der Waals surface area contributed by atoms with Gasteiger partial charge in [-0.3, -0.25) is 14.7 Å². The van der Waals surface area contributed by atoms with Crippen LogP contribution in [0.1, 0.15) is 55.0 Å². The van der Waals surface area contributed by atoms with Gasteiger partial charge in [-0.25, -0.2) is 9.78 Å². The van der Waals surface area contributed by atoms with Crippen molar-refractivity contribution in [1.29, 1.82) is 0 Å². The SMILES string of the molecule is Cc1nccn1CCNC(=O)[C@H]1CN(C2c3ccc(Cl)cc3CCc3cc(Br)cnc32)CCN1C(=O)NC(C)(C)C. The van der Waals surface area contributed by atoms with Crippen molar-refractivity contribution >= 4 is 39.5 Å². The molecule has 1 aliphatic carbocycles. The number of hydrogen-bond donors (Lipinski definition) is 2. The van der Waals surface area contributed by atoms with Gasteiger partial charge >= 0.3 is 6.03 Å². The number of nitrogens with zero attached hydrogens (tertiary/aromatic N) is 5. The van der Waals surface area contributed by atoms with Crippen LogP contribution in [0.2, 0.25) is 5.02 Å². The monoisotopic (exact) mass is 641 g/mol. The fourth-order valence-electron chi connectivity index (χ4n) is 5.74. The molecule has 3 aromatic rings. The van der Waals surface area contributed by atoms with Crippen LogP contribution in [0.3, 0.4) is 0 Å². The van der Waals surface area contributed by atoms with Crippen molar-refractivity contribution in [2.24, 2.45) is 0 Å². The van der Waals surface area contributed by atoms with Crippen LogP contribution in [0.25, 0.3) is 0 Å². The highest BCUT2D eigenvalue weighted by molar-refractivity contribution is 9.10. The normalized spacial score (nSPS) is 19.2. The van der Waals surface area contributed by atoms with Crippen LogP contribution in [0.5, 0.6) is 0 Å². The van der Waals surface area contributed by atoms with Gasteiger partial charge in [-0.15, -0.1) is 0 Å². The van der Waals surface area contributed by atoms with E-state index in [4.69, 9.17) is 16.6 Å². The number of fused-ring (bicyclic) bond motifs is 2. The van der Waals surface area contributed by atoms with Gasteiger partial charge in [-0.2, -0.15) is 0 Å². The highest BCUT2D eigenvalue weighted by Gasteiger charge is 2.40. The van der Waals surface area contributed by atoms with E-state index >= 15 is 0 Å². The topological polar surface area (TPSA) is 95.4 Å². The minimum atomic E-state index is -0.673. The number of aryl methyl sites for hydroxylation is 3. The van der Waals surface area contributed by atoms with E-state index < -0.39 is 11.6 Å². The van der Waals surface area contributed by atoms with Crippen molar-refractivity contribution in [3.8, 4) is 0 Å². The van der Waals surface area contributed by atoms with Gasteiger partial charge in [0.1, 0.15) is 11.9 Å². The molecule has 3 heterocycles. The summed E-state index contributed by atoms with van der Waals surface area (Å²) in [6.45, 7) is 10.2. The Bertz CT molecular complexity index is 1380. The molecule has 1 saturated heterocycles. The molecule has 1 aliphatic heterocycles. The molecule has 0 bridgehead atoms. The maximum atomic E-state index is 13.7. The van der Waals surface area contributed by atoms with E-state index in [0.29, 0.717) is 37.7 Å². The maximum Gasteiger partial charge on any atom is 0.318 e. The molecule has 3 amide bonds. The number of pyridine rings is 1. The van der Waals surface area contributed by atoms with Gasteiger partial charge < -0.3 is 20.1 Å². The van der Waals surface area contributed by atoms with Gasteiger partial charge in [0, 0.05) is 66.3 Å². The smallest absolute Gasteiger partial charge is 0.318 e. The Morgan fingerprint density at radius 2 is 1.90 bits per heavy atom. The number of imidazole rings is 1. The quantitative estimate of drug-likeness (QED) is 0.428. The molecule has 2 aliphatic rings. The summed E-state index contributed by atoms with van der Waals surface area (Å²) in [5, 5.41) is 6.84. The average molecular weight is 643 g/mol. The number of benzene rings is 1. The van der Waals surface area contributed by atoms with E-state index in [0.717, 1.165) is 34.4 Å². The fourth-order valence-corrected chi connectivity index (χ4v) is 6.31. The first-order valence-electron chi connectivity index (χ1n) is 14.0. The van der Waals surface area contributed by atoms with Crippen LogP contribution >= 0.6 is 27.5 Å². The van der Waals surface area contributed by atoms with Gasteiger partial charge in [0.25, 0.3) is 0 Å². The molecular weight excluding hydrogens is 606 g/mol. The second kappa shape index (κ2) is 12.1. The summed E-state index contributed by atoms with van der Waals surface area (Å²) in [5.74, 6) is 0.713. The molecule has 2 N–H and O–H groups in total. The first-order chi connectivity index (χ1) is 19.5. The standard InChI is InChI=1S/C30H37BrClN7O2/c1-19-33-9-11-37(19)12-10-34-28(40)25-18-38(13-14-39(25)29(41)36-30(2,3)4)27-24-8-7-23(32)16-20(24)5-6-21-15-22(31)17-35-26(21)27/h7-9,11,15-17,25,27H,5-6,10,12-14,18H2,1-4H3,(H,34,40)(H,36,41)/t25-,27?/m1/s1. The van der Waals surface area contributed by atoms with Crippen molar-refractivity contribution < 1.29 is 9.59 Å². The lowest BCUT2D eigenvalue weighted by Gasteiger charge is -2.44. The van der Waals surface area contributed by atoms with Gasteiger partial charge in [0.05, 0.1) is 11.7 Å². The fraction of sp³-hybridized carbons (Fsp3) is 0.467. The second-order valence-corrected chi connectivity index (χ2v) is 13.1. The molecule has 2 atom stereocenters. The molecule has 218 valence electrons. The van der Waals surface area contributed by atoms with E-state index in [9.17, 15) is 9.59 Å². The van der Waals surface area contributed by atoms with Crippen LogP contribution in [0.4, 0.5) is 4.79 Å². The van der Waals surface area contributed by atoms with Gasteiger partial charge in [-0.1, -0.05) is 17.7 Å². The number of nitrogens with one attached hydrogen (secondary N) is 2. The van der Waals surface area contributed by atoms with Crippen LogP contribution in [-0.2, 0) is 24.2 Å². The van der Waals surface area contributed by atoms with E-state index in [-0.39, 0.29) is 18.0 Å². The molecule has 2 aromatic heterocycles. The molecular formula is C30H37BrClN7O2. The van der Waals surface area contributed by atoms with Crippen molar-refractivity contribution in [2.45, 2.75) is 64.7 Å². The number of urea groups is 1. The van der Waals surface area contributed by atoms with Crippen molar-refractivity contribution in [3.63, 3.8) is 0 Å². The van der Waals surface area contributed by atoms with Crippen LogP contribution in [0.15, 0.2) is 47.3 Å². The third-order valence-corrected chi connectivity index (χ3v) is 8.36. The number of halogens is 2. The highest BCUT2D eigenvalue weighted by atomic mass is 79.9. The number of amides is 3. The molecule has 0 spiro atoms. The number of carbonyl (C=O) groups excluding carboxylic acids is 2. The average Bonchev–Trinajstić information content (AvgIpc) is 3.25. The molecule has 1 fully saturated rings. The van der Waals surface area contributed by atoms with Crippen molar-refractivity contribution in [2.75, 3.05) is 26.2 Å². The van der Waals surface area contributed by atoms with Gasteiger partial charge in [-0.05, 0) is 91.4 Å². The highest BCUT2D eigenvalue weighted by Crippen LogP contribution is 2.38. The Morgan fingerprint density at radius 1 is 1.12 bits per heavy atom. The predicted molar refractivity (Wildman–Crippen MR) is 163 cm³/mol. The van der Waals surface area contributed by atoms with E-state index in [1.165, 1.54) is 11.1 Å². The van der Waals surface area contributed by atoms with E-state index in [1.807, 2.05) is 56.8 Å². The minimum absolute atomic E-state index is 0.162. The molecule has 9 nitrogen and oxygen atoms in total. The number of carbonyl (C=O) groups is 2. The zero-order valence-corrected chi connectivity index (χ0v) is 26.3. The third-order valence-electron chi connectivity index (χ3n) is 7.69. The zero-order chi connectivity index (χ0) is 29.3. The Hall–Kier alpha value is -2.95. The summed E-state index contributed by atoms with van der Waals surface area (Å²) in [5.41, 5.74) is 4.05. The van der Waals surface area contributed by atoms with Crippen molar-refractivity contribution in [3.05, 3.63) is 80.6 Å². The Kier molecular flexibility index (Phi) is 8.73. The molecule has 5 rings (SSSR count). The Balaban J connectivity index is 1.45. The summed E-state index contributed by atoms with van der Waals surface area (Å²) in [4.78, 5) is 40.3. The van der Waals surface area contributed by atoms with E-state index in [2.05, 4.69) is 48.6 Å². The predicted octanol–water partition coefficient (Wildman–Crippen LogP) is 4.50. The molecule has 11 heteroatoms. The van der Waals surface area contributed by atoms with Crippen molar-refractivity contribution in [1.82, 2.24) is 35.0 Å². The summed E-state index contributed by atoms with van der Waals surface area (Å²) in [7, 11) is 0. The minimum Gasteiger partial charge on any atom is -0.352 e. The maximum absolute atomic E-state index is 13.7. The molecule has 0 radical (unpaired) electrons. The first-order valence-corrected chi connectivity index (χ1v) is 15.2. The number of rotatable bonds is 5. The molecule has 1 aromatic carbocycles. The van der Waals surface area contributed by atoms with E-state index in [1.54, 1.807) is 11.1 Å². The Labute approximate surface area is 254 Å². The number of piperazine rings is 1. The summed E-state index contributed by atoms with van der Waals surface area (Å²) >= 11 is 10.0. The summed E-state index contributed by atoms with van der Waals surface area (Å²) in [6.07, 6.45) is 7.17. The first kappa shape index (κ1) is 29.5. The zero-order valence-electron chi connectivity index (χ0n) is 24.0. The number of hydrogen-bond acceptors (Lipinski definition) is 5. The lowest BCUT2D eigenvalue weighted by Crippen LogP contribution is -2.64. The lowest BCUT2D eigenvalue weighted by atomic mass is 9.95. The van der Waals surface area contributed by atoms with Crippen LogP contribution in [-0.4, -0.2) is 74.0 Å². The van der Waals surface area contributed by atoms with Gasteiger partial charge in [0.15, 0.2) is 0 Å². The van der Waals surface area contributed by atoms with Crippen LogP contribution < -0.4 is 10.6 Å². The summed E-state index contributed by atoms with van der Waals surface area (Å²) < 4.78 is 2.93. The summed E-state index contributed by atoms with van der Waals surface area (Å²) in [6, 6.07) is 7.11.